The normalized spacial score (nSPS) is 19.0. The highest BCUT2D eigenvalue weighted by atomic mass is 15.2. The van der Waals surface area contributed by atoms with Crippen molar-refractivity contribution >= 4 is 0 Å². The van der Waals surface area contributed by atoms with Crippen molar-refractivity contribution in [2.24, 2.45) is 0 Å². The summed E-state index contributed by atoms with van der Waals surface area (Å²) in [6.07, 6.45) is 5.19. The zero-order valence-electron chi connectivity index (χ0n) is 13.6. The first-order valence-electron chi connectivity index (χ1n) is 8.10. The van der Waals surface area contributed by atoms with Crippen molar-refractivity contribution in [3.63, 3.8) is 0 Å². The molecule has 1 aliphatic heterocycles. The third kappa shape index (κ3) is 3.24. The Hall–Kier alpha value is -0.860. The molecule has 1 unspecified atom stereocenters. The van der Waals surface area contributed by atoms with Crippen LogP contribution in [0, 0.1) is 0 Å². The highest BCUT2D eigenvalue weighted by Crippen LogP contribution is 2.33. The predicted octanol–water partition coefficient (Wildman–Crippen LogP) is 3.77. The molecular weight excluding hydrogens is 244 g/mol. The Morgan fingerprint density at radius 2 is 1.70 bits per heavy atom. The fourth-order valence-electron chi connectivity index (χ4n) is 3.53. The van der Waals surface area contributed by atoms with E-state index in [0.29, 0.717) is 6.04 Å². The van der Waals surface area contributed by atoms with Gasteiger partial charge in [0, 0.05) is 11.6 Å². The topological polar surface area (TPSA) is 15.3 Å². The largest absolute Gasteiger partial charge is 0.311 e. The number of aryl methyl sites for hydroxylation is 1. The lowest BCUT2D eigenvalue weighted by Gasteiger charge is -2.46. The highest BCUT2D eigenvalue weighted by Gasteiger charge is 2.35. The van der Waals surface area contributed by atoms with Crippen LogP contribution in [-0.2, 0) is 6.42 Å². The van der Waals surface area contributed by atoms with Crippen LogP contribution in [0.15, 0.2) is 24.3 Å². The maximum absolute atomic E-state index is 3.55. The number of hydrogen-bond acceptors (Lipinski definition) is 2. The molecule has 1 aliphatic rings. The van der Waals surface area contributed by atoms with Crippen molar-refractivity contribution in [2.75, 3.05) is 20.1 Å². The van der Waals surface area contributed by atoms with Crippen molar-refractivity contribution in [3.8, 4) is 0 Å². The van der Waals surface area contributed by atoms with E-state index in [1.165, 1.54) is 43.5 Å². The van der Waals surface area contributed by atoms with Gasteiger partial charge in [-0.2, -0.15) is 0 Å². The molecule has 2 rings (SSSR count). The smallest absolute Gasteiger partial charge is 0.0499 e. The van der Waals surface area contributed by atoms with Gasteiger partial charge in [0.2, 0.25) is 0 Å². The van der Waals surface area contributed by atoms with Crippen LogP contribution in [-0.4, -0.2) is 30.6 Å². The van der Waals surface area contributed by atoms with E-state index in [4.69, 9.17) is 0 Å². The zero-order chi connectivity index (χ0) is 14.6. The molecule has 1 aromatic rings. The van der Waals surface area contributed by atoms with E-state index in [1.54, 1.807) is 0 Å². The first-order valence-corrected chi connectivity index (χ1v) is 8.10. The maximum Gasteiger partial charge on any atom is 0.0499 e. The molecule has 2 heteroatoms. The van der Waals surface area contributed by atoms with Gasteiger partial charge in [0.15, 0.2) is 0 Å². The molecule has 1 heterocycles. The maximum atomic E-state index is 3.55. The molecule has 112 valence electrons. The summed E-state index contributed by atoms with van der Waals surface area (Å²) in [6, 6.07) is 9.52. The molecule has 1 N–H and O–H groups in total. The lowest BCUT2D eigenvalue weighted by molar-refractivity contribution is 0.0633. The van der Waals surface area contributed by atoms with Gasteiger partial charge in [-0.05, 0) is 64.4 Å². The van der Waals surface area contributed by atoms with Crippen LogP contribution >= 0.6 is 0 Å². The minimum atomic E-state index is 0.156. The van der Waals surface area contributed by atoms with Crippen molar-refractivity contribution in [3.05, 3.63) is 35.4 Å². The third-order valence-corrected chi connectivity index (χ3v) is 4.89. The van der Waals surface area contributed by atoms with Gasteiger partial charge in [-0.25, -0.2) is 0 Å². The quantitative estimate of drug-likeness (QED) is 0.879. The molecular formula is C18H30N2. The second kappa shape index (κ2) is 6.73. The molecule has 0 saturated carbocycles. The van der Waals surface area contributed by atoms with E-state index >= 15 is 0 Å². The van der Waals surface area contributed by atoms with Gasteiger partial charge in [-0.1, -0.05) is 37.6 Å². The van der Waals surface area contributed by atoms with Crippen molar-refractivity contribution in [1.29, 1.82) is 0 Å². The SMILES string of the molecule is CCc1ccc(C(NC)C(C)(C)N2CCCCC2)cc1. The molecule has 1 atom stereocenters. The van der Waals surface area contributed by atoms with Crippen molar-refractivity contribution in [2.45, 2.75) is 58.0 Å². The number of piperidine rings is 1. The number of likely N-dealkylation sites (tertiary alicyclic amines) is 1. The Kier molecular flexibility index (Phi) is 5.22. The average Bonchev–Trinajstić information content (AvgIpc) is 2.49. The molecule has 0 bridgehead atoms. The lowest BCUT2D eigenvalue weighted by atomic mass is 9.85. The zero-order valence-corrected chi connectivity index (χ0v) is 13.6. The van der Waals surface area contributed by atoms with E-state index < -0.39 is 0 Å². The molecule has 1 saturated heterocycles. The Balaban J connectivity index is 2.20. The lowest BCUT2D eigenvalue weighted by Crippen LogP contribution is -2.53. The molecule has 0 aromatic heterocycles. The Bertz CT molecular complexity index is 402. The monoisotopic (exact) mass is 274 g/mol. The third-order valence-electron chi connectivity index (χ3n) is 4.89. The van der Waals surface area contributed by atoms with Gasteiger partial charge >= 0.3 is 0 Å². The van der Waals surface area contributed by atoms with E-state index in [2.05, 4.69) is 62.3 Å². The molecule has 20 heavy (non-hydrogen) atoms. The minimum absolute atomic E-state index is 0.156. The second-order valence-electron chi connectivity index (χ2n) is 6.52. The van der Waals surface area contributed by atoms with Crippen LogP contribution in [0.25, 0.3) is 0 Å². The van der Waals surface area contributed by atoms with Gasteiger partial charge in [0.25, 0.3) is 0 Å². The highest BCUT2D eigenvalue weighted by molar-refractivity contribution is 5.27. The average molecular weight is 274 g/mol. The van der Waals surface area contributed by atoms with Crippen LogP contribution in [0.1, 0.15) is 57.2 Å². The predicted molar refractivity (Wildman–Crippen MR) is 87.1 cm³/mol. The Morgan fingerprint density at radius 1 is 1.10 bits per heavy atom. The van der Waals surface area contributed by atoms with Crippen LogP contribution < -0.4 is 5.32 Å². The summed E-state index contributed by atoms with van der Waals surface area (Å²) in [4.78, 5) is 2.66. The van der Waals surface area contributed by atoms with Gasteiger partial charge in [0.05, 0.1) is 0 Å². The second-order valence-corrected chi connectivity index (χ2v) is 6.52. The summed E-state index contributed by atoms with van der Waals surface area (Å²) in [6.45, 7) is 9.44. The van der Waals surface area contributed by atoms with Gasteiger partial charge in [-0.3, -0.25) is 4.90 Å². The first kappa shape index (κ1) is 15.5. The molecule has 0 aliphatic carbocycles. The van der Waals surface area contributed by atoms with Crippen molar-refractivity contribution in [1.82, 2.24) is 10.2 Å². The number of benzene rings is 1. The number of nitrogens with zero attached hydrogens (tertiary/aromatic N) is 1. The molecule has 0 amide bonds. The molecule has 0 spiro atoms. The van der Waals surface area contributed by atoms with Gasteiger partial charge < -0.3 is 5.32 Å². The molecule has 2 nitrogen and oxygen atoms in total. The summed E-state index contributed by atoms with van der Waals surface area (Å²) >= 11 is 0. The first-order chi connectivity index (χ1) is 9.59. The molecule has 1 fully saturated rings. The summed E-state index contributed by atoms with van der Waals surface area (Å²) in [5.41, 5.74) is 2.97. The fraction of sp³-hybridized carbons (Fsp3) is 0.667. The van der Waals surface area contributed by atoms with Crippen LogP contribution in [0.4, 0.5) is 0 Å². The van der Waals surface area contributed by atoms with Crippen LogP contribution in [0.2, 0.25) is 0 Å². The van der Waals surface area contributed by atoms with Crippen LogP contribution in [0.3, 0.4) is 0 Å². The summed E-state index contributed by atoms with van der Waals surface area (Å²) < 4.78 is 0. The summed E-state index contributed by atoms with van der Waals surface area (Å²) in [5.74, 6) is 0. The van der Waals surface area contributed by atoms with Gasteiger partial charge in [-0.15, -0.1) is 0 Å². The molecule has 0 radical (unpaired) electrons. The summed E-state index contributed by atoms with van der Waals surface area (Å²) in [5, 5.41) is 3.55. The number of rotatable bonds is 5. The standard InChI is InChI=1S/C18H30N2/c1-5-15-9-11-16(12-10-15)17(19-4)18(2,3)20-13-7-6-8-14-20/h9-12,17,19H,5-8,13-14H2,1-4H3. The number of hydrogen-bond donors (Lipinski definition) is 1. The van der Waals surface area contributed by atoms with Gasteiger partial charge in [0.1, 0.15) is 0 Å². The number of likely N-dealkylation sites (N-methyl/N-ethyl adjacent to an activating group) is 1. The van der Waals surface area contributed by atoms with Crippen molar-refractivity contribution < 1.29 is 0 Å². The van der Waals surface area contributed by atoms with E-state index in [9.17, 15) is 0 Å². The minimum Gasteiger partial charge on any atom is -0.311 e. The summed E-state index contributed by atoms with van der Waals surface area (Å²) in [7, 11) is 2.09. The fourth-order valence-corrected chi connectivity index (χ4v) is 3.53. The number of nitrogens with one attached hydrogen (secondary N) is 1. The van der Waals surface area contributed by atoms with Crippen LogP contribution in [0.5, 0.6) is 0 Å². The van der Waals surface area contributed by atoms with E-state index in [1.807, 2.05) is 0 Å². The van der Waals surface area contributed by atoms with E-state index in [0.717, 1.165) is 6.42 Å². The van der Waals surface area contributed by atoms with E-state index in [-0.39, 0.29) is 5.54 Å². The Labute approximate surface area is 124 Å². The Morgan fingerprint density at radius 3 is 2.20 bits per heavy atom. The molecule has 1 aromatic carbocycles.